The number of aliphatic carboxylic acids is 1. The molecule has 0 fully saturated rings. The van der Waals surface area contributed by atoms with Crippen molar-refractivity contribution in [1.82, 2.24) is 9.55 Å². The van der Waals surface area contributed by atoms with Crippen molar-refractivity contribution in [2.45, 2.75) is 58.0 Å². The molecule has 0 aliphatic rings. The molecule has 0 aliphatic carbocycles. The molecule has 2 aromatic carbocycles. The molecule has 0 bridgehead atoms. The number of imidazole rings is 1. The molecule has 0 saturated heterocycles. The smallest absolute Gasteiger partial charge is 0.550 e. The predicted octanol–water partition coefficient (Wildman–Crippen LogP) is 0.638. The molecule has 1 aromatic heterocycles. The van der Waals surface area contributed by atoms with Gasteiger partial charge in [-0.15, -0.1) is 0 Å². The zero-order chi connectivity index (χ0) is 25.9. The Balaban J connectivity index is 0.00000456. The third-order valence-electron chi connectivity index (χ3n) is 5.47. The van der Waals surface area contributed by atoms with Gasteiger partial charge < -0.3 is 24.7 Å². The van der Waals surface area contributed by atoms with Crippen molar-refractivity contribution < 1.29 is 67.2 Å². The van der Waals surface area contributed by atoms with Crippen LogP contribution in [0.25, 0.3) is 22.5 Å². The van der Waals surface area contributed by atoms with Gasteiger partial charge in [-0.1, -0.05) is 17.2 Å². The molecule has 0 unspecified atom stereocenters. The summed E-state index contributed by atoms with van der Waals surface area (Å²) in [6.07, 6.45) is -8.73. The van der Waals surface area contributed by atoms with Crippen molar-refractivity contribution >= 4 is 5.97 Å². The van der Waals surface area contributed by atoms with Crippen LogP contribution in [0.2, 0.25) is 0 Å². The van der Waals surface area contributed by atoms with Gasteiger partial charge in [-0.25, -0.2) is 9.37 Å². The number of aliphatic hydroxyl groups excluding tert-OH is 2. The normalized spacial score (nSPS) is 13.2. The first-order valence-corrected chi connectivity index (χ1v) is 10.9. The quantitative estimate of drug-likeness (QED) is 0.321. The maximum Gasteiger partial charge on any atom is 1.00 e. The number of nitrogens with zero attached hydrogens (tertiary/aromatic N) is 2. The van der Waals surface area contributed by atoms with E-state index in [2.05, 4.69) is 4.98 Å². The number of carbonyl (C=O) groups is 1. The fourth-order valence-electron chi connectivity index (χ4n) is 4.09. The Morgan fingerprint density at radius 3 is 2.14 bits per heavy atom. The van der Waals surface area contributed by atoms with Gasteiger partial charge in [0, 0.05) is 30.1 Å². The predicted molar refractivity (Wildman–Crippen MR) is 118 cm³/mol. The average molecular weight is 516 g/mol. The summed E-state index contributed by atoms with van der Waals surface area (Å²) in [6, 6.07) is 10.3. The van der Waals surface area contributed by atoms with Crippen LogP contribution in [-0.4, -0.2) is 37.9 Å². The Hall–Kier alpha value is -2.24. The first-order valence-electron chi connectivity index (χ1n) is 10.9. The maximum atomic E-state index is 14.1. The number of carboxylic acids is 1. The number of aromatic nitrogens is 2. The van der Waals surface area contributed by atoms with E-state index in [0.29, 0.717) is 5.56 Å². The summed E-state index contributed by atoms with van der Waals surface area (Å²) in [7, 11) is 0. The Labute approximate surface area is 227 Å². The molecule has 36 heavy (non-hydrogen) atoms. The van der Waals surface area contributed by atoms with Crippen molar-refractivity contribution in [1.29, 1.82) is 0 Å². The number of aliphatic hydroxyl groups is 2. The SMILES string of the molecule is Cc1cc(C)cc(-c2c(-c3ccc(F)cc3)nc(C(F)(F)F)n2CC[C@@H](O)C[C@@H](O)CC(=O)[O-])c1.[Na+]. The van der Waals surface area contributed by atoms with Gasteiger partial charge in [0.2, 0.25) is 5.82 Å². The number of halogens is 4. The summed E-state index contributed by atoms with van der Waals surface area (Å²) in [5, 5.41) is 30.6. The monoisotopic (exact) mass is 516 g/mol. The molecule has 188 valence electrons. The van der Waals surface area contributed by atoms with Gasteiger partial charge in [-0.2, -0.15) is 13.2 Å². The number of rotatable bonds is 9. The molecule has 6 nitrogen and oxygen atoms in total. The summed E-state index contributed by atoms with van der Waals surface area (Å²) < 4.78 is 56.6. The number of alkyl halides is 3. The minimum Gasteiger partial charge on any atom is -0.550 e. The van der Waals surface area contributed by atoms with Gasteiger partial charge in [0.25, 0.3) is 0 Å². The number of carbonyl (C=O) groups excluding carboxylic acids is 1. The Bertz CT molecular complexity index is 1180. The zero-order valence-electron chi connectivity index (χ0n) is 20.1. The van der Waals surface area contributed by atoms with Crippen LogP contribution in [0.15, 0.2) is 42.5 Å². The first-order chi connectivity index (χ1) is 16.3. The van der Waals surface area contributed by atoms with Crippen LogP contribution in [0.4, 0.5) is 17.6 Å². The van der Waals surface area contributed by atoms with E-state index >= 15 is 0 Å². The van der Waals surface area contributed by atoms with Crippen molar-refractivity contribution in [3.8, 4) is 22.5 Å². The van der Waals surface area contributed by atoms with Crippen molar-refractivity contribution in [3.05, 3.63) is 65.2 Å². The fourth-order valence-corrected chi connectivity index (χ4v) is 4.09. The van der Waals surface area contributed by atoms with Crippen LogP contribution in [0.5, 0.6) is 0 Å². The molecule has 0 aliphatic heterocycles. The minimum atomic E-state index is -4.83. The van der Waals surface area contributed by atoms with Gasteiger partial charge in [-0.05, 0) is 63.1 Å². The second-order valence-corrected chi connectivity index (χ2v) is 8.57. The summed E-state index contributed by atoms with van der Waals surface area (Å²) in [6.45, 7) is 3.30. The van der Waals surface area contributed by atoms with E-state index in [9.17, 15) is 37.7 Å². The largest absolute Gasteiger partial charge is 1.00 e. The molecular weight excluding hydrogens is 491 g/mol. The molecule has 0 spiro atoms. The Kier molecular flexibility index (Phi) is 10.3. The second kappa shape index (κ2) is 12.3. The van der Waals surface area contributed by atoms with Crippen LogP contribution in [0, 0.1) is 19.7 Å². The molecule has 3 aromatic rings. The van der Waals surface area contributed by atoms with Crippen molar-refractivity contribution in [3.63, 3.8) is 0 Å². The van der Waals surface area contributed by atoms with Crippen LogP contribution in [0.1, 0.15) is 36.2 Å². The Morgan fingerprint density at radius 1 is 1.03 bits per heavy atom. The summed E-state index contributed by atoms with van der Waals surface area (Å²) in [4.78, 5) is 14.5. The van der Waals surface area contributed by atoms with Gasteiger partial charge in [-0.3, -0.25) is 0 Å². The maximum absolute atomic E-state index is 14.1. The average Bonchev–Trinajstić information content (AvgIpc) is 3.11. The van der Waals surface area contributed by atoms with Gasteiger partial charge in [0.05, 0.1) is 23.6 Å². The van der Waals surface area contributed by atoms with E-state index < -0.39 is 42.4 Å². The van der Waals surface area contributed by atoms with E-state index in [1.54, 1.807) is 12.1 Å². The molecule has 0 amide bonds. The summed E-state index contributed by atoms with van der Waals surface area (Å²) in [5.41, 5.74) is 2.55. The van der Waals surface area contributed by atoms with Crippen LogP contribution in [0.3, 0.4) is 0 Å². The van der Waals surface area contributed by atoms with E-state index in [1.807, 2.05) is 19.9 Å². The van der Waals surface area contributed by atoms with Crippen LogP contribution in [-0.2, 0) is 17.5 Å². The van der Waals surface area contributed by atoms with Crippen LogP contribution < -0.4 is 34.7 Å². The van der Waals surface area contributed by atoms with Crippen LogP contribution >= 0.6 is 0 Å². The summed E-state index contributed by atoms with van der Waals surface area (Å²) >= 11 is 0. The molecular formula is C25H25F4N2NaO4. The molecule has 1 heterocycles. The van der Waals surface area contributed by atoms with Crippen molar-refractivity contribution in [2.75, 3.05) is 0 Å². The molecule has 0 saturated carbocycles. The van der Waals surface area contributed by atoms with E-state index in [1.165, 1.54) is 12.1 Å². The third kappa shape index (κ3) is 7.63. The van der Waals surface area contributed by atoms with Gasteiger partial charge in [0.15, 0.2) is 0 Å². The number of hydrogen-bond acceptors (Lipinski definition) is 5. The third-order valence-corrected chi connectivity index (χ3v) is 5.47. The zero-order valence-corrected chi connectivity index (χ0v) is 22.1. The second-order valence-electron chi connectivity index (χ2n) is 8.57. The van der Waals surface area contributed by atoms with Crippen molar-refractivity contribution in [2.24, 2.45) is 0 Å². The van der Waals surface area contributed by atoms with Gasteiger partial charge in [0.1, 0.15) is 5.82 Å². The Morgan fingerprint density at radius 2 is 1.61 bits per heavy atom. The fraction of sp³-hybridized carbons (Fsp3) is 0.360. The number of benzene rings is 2. The first kappa shape index (κ1) is 30.0. The number of carboxylic acid groups (broad SMARTS) is 1. The summed E-state index contributed by atoms with van der Waals surface area (Å²) in [5.74, 6) is -3.23. The number of aryl methyl sites for hydroxylation is 2. The standard InChI is InChI=1S/C25H26F4N2O4.Na/c1-14-9-15(2)11-17(10-14)23-22(16-3-5-18(26)6-4-16)30-24(25(27,28)29)31(23)8-7-19(32)12-20(33)13-21(34)35;/h3-6,9-11,19-20,32-33H,7-8,12-13H2,1-2H3,(H,34,35);/q;+1/p-1/t19-,20-;/m1./s1. The molecule has 11 heteroatoms. The molecule has 0 radical (unpaired) electrons. The van der Waals surface area contributed by atoms with E-state index in [-0.39, 0.29) is 65.9 Å². The number of hydrogen-bond donors (Lipinski definition) is 2. The molecule has 3 rings (SSSR count). The van der Waals surface area contributed by atoms with Gasteiger partial charge >= 0.3 is 35.7 Å². The minimum absolute atomic E-state index is 0. The van der Waals surface area contributed by atoms with E-state index in [4.69, 9.17) is 0 Å². The molecule has 2 atom stereocenters. The van der Waals surface area contributed by atoms with E-state index in [0.717, 1.165) is 27.8 Å². The molecule has 2 N–H and O–H groups in total. The topological polar surface area (TPSA) is 98.4 Å².